The summed E-state index contributed by atoms with van der Waals surface area (Å²) in [5, 5.41) is 0. The predicted octanol–water partition coefficient (Wildman–Crippen LogP) is 2.58. The average Bonchev–Trinajstić information content (AvgIpc) is 2.44. The van der Waals surface area contributed by atoms with Crippen molar-refractivity contribution in [1.82, 2.24) is 4.98 Å². The Bertz CT molecular complexity index is 380. The zero-order valence-corrected chi connectivity index (χ0v) is 10.1. The van der Waals surface area contributed by atoms with Crippen LogP contribution < -0.4 is 4.90 Å². The molecule has 1 aliphatic rings. The van der Waals surface area contributed by atoms with Gasteiger partial charge in [-0.3, -0.25) is 4.90 Å². The van der Waals surface area contributed by atoms with Gasteiger partial charge in [-0.05, 0) is 41.9 Å². The van der Waals surface area contributed by atoms with Gasteiger partial charge < -0.3 is 4.74 Å². The molecule has 1 amide bonds. The molecule has 0 bridgehead atoms. The maximum Gasteiger partial charge on any atom is 0.415 e. The van der Waals surface area contributed by atoms with E-state index in [4.69, 9.17) is 4.74 Å². The number of aromatic nitrogens is 1. The fraction of sp³-hybridized carbons (Fsp3) is 0.400. The second-order valence-corrected chi connectivity index (χ2v) is 4.35. The van der Waals surface area contributed by atoms with E-state index in [1.807, 2.05) is 19.9 Å². The molecule has 1 saturated heterocycles. The molecule has 1 fully saturated rings. The van der Waals surface area contributed by atoms with Crippen LogP contribution in [0.15, 0.2) is 22.9 Å². The van der Waals surface area contributed by atoms with E-state index in [0.29, 0.717) is 0 Å². The van der Waals surface area contributed by atoms with E-state index in [2.05, 4.69) is 20.9 Å². The summed E-state index contributed by atoms with van der Waals surface area (Å²) in [6.45, 7) is 3.84. The molecule has 0 aromatic carbocycles. The van der Waals surface area contributed by atoms with Gasteiger partial charge >= 0.3 is 6.09 Å². The molecule has 0 spiro atoms. The lowest BCUT2D eigenvalue weighted by Crippen LogP contribution is -2.33. The number of amides is 1. The van der Waals surface area contributed by atoms with E-state index >= 15 is 0 Å². The lowest BCUT2D eigenvalue weighted by molar-refractivity contribution is 0.143. The molecular weight excluding hydrogens is 260 g/mol. The van der Waals surface area contributed by atoms with Crippen molar-refractivity contribution in [1.29, 1.82) is 0 Å². The van der Waals surface area contributed by atoms with Gasteiger partial charge in [0.1, 0.15) is 10.7 Å². The fourth-order valence-corrected chi connectivity index (χ4v) is 1.78. The Morgan fingerprint density at radius 2 is 2.20 bits per heavy atom. The molecule has 0 radical (unpaired) electrons. The van der Waals surface area contributed by atoms with Crippen molar-refractivity contribution < 1.29 is 9.53 Å². The summed E-state index contributed by atoms with van der Waals surface area (Å²) in [5.41, 5.74) is 0.764. The second kappa shape index (κ2) is 3.81. The summed E-state index contributed by atoms with van der Waals surface area (Å²) in [4.78, 5) is 17.2. The van der Waals surface area contributed by atoms with Crippen LogP contribution in [0.2, 0.25) is 0 Å². The summed E-state index contributed by atoms with van der Waals surface area (Å²) in [5.74, 6) is 0. The highest BCUT2D eigenvalue weighted by molar-refractivity contribution is 9.10. The molecule has 1 aliphatic heterocycles. The second-order valence-electron chi connectivity index (χ2n) is 3.54. The van der Waals surface area contributed by atoms with Crippen molar-refractivity contribution in [3.05, 3.63) is 22.9 Å². The van der Waals surface area contributed by atoms with Crippen molar-refractivity contribution in [2.75, 3.05) is 4.90 Å². The molecule has 2 unspecified atom stereocenters. The average molecular weight is 271 g/mol. The largest absolute Gasteiger partial charge is 0.444 e. The molecule has 2 rings (SSSR count). The van der Waals surface area contributed by atoms with Crippen molar-refractivity contribution >= 4 is 27.7 Å². The lowest BCUT2D eigenvalue weighted by atomic mass is 10.2. The number of ether oxygens (including phenoxy) is 1. The highest BCUT2D eigenvalue weighted by atomic mass is 79.9. The van der Waals surface area contributed by atoms with Gasteiger partial charge in [0.15, 0.2) is 0 Å². The van der Waals surface area contributed by atoms with Gasteiger partial charge in [0.05, 0.1) is 17.9 Å². The predicted molar refractivity (Wildman–Crippen MR) is 59.8 cm³/mol. The summed E-state index contributed by atoms with van der Waals surface area (Å²) in [6, 6.07) is 3.69. The Balaban J connectivity index is 2.30. The Morgan fingerprint density at radius 3 is 2.67 bits per heavy atom. The number of nitrogens with zero attached hydrogens (tertiary/aromatic N) is 2. The fourth-order valence-electron chi connectivity index (χ4n) is 1.54. The minimum atomic E-state index is -0.306. The zero-order valence-electron chi connectivity index (χ0n) is 8.48. The van der Waals surface area contributed by atoms with E-state index in [9.17, 15) is 4.79 Å². The molecule has 15 heavy (non-hydrogen) atoms. The van der Waals surface area contributed by atoms with E-state index in [0.717, 1.165) is 10.3 Å². The van der Waals surface area contributed by atoms with Crippen LogP contribution in [-0.4, -0.2) is 23.2 Å². The number of pyridine rings is 1. The maximum absolute atomic E-state index is 11.5. The molecular formula is C10H11BrN2O2. The van der Waals surface area contributed by atoms with Crippen LogP contribution in [0, 0.1) is 0 Å². The summed E-state index contributed by atoms with van der Waals surface area (Å²) in [6.07, 6.45) is 1.26. The Labute approximate surface area is 96.4 Å². The van der Waals surface area contributed by atoms with Crippen LogP contribution >= 0.6 is 15.9 Å². The Kier molecular flexibility index (Phi) is 2.65. The van der Waals surface area contributed by atoms with Gasteiger partial charge in [-0.15, -0.1) is 0 Å². The molecule has 1 aromatic heterocycles. The number of carbonyl (C=O) groups is 1. The van der Waals surface area contributed by atoms with Crippen LogP contribution in [0.1, 0.15) is 13.8 Å². The summed E-state index contributed by atoms with van der Waals surface area (Å²) >= 11 is 3.25. The maximum atomic E-state index is 11.5. The molecule has 2 atom stereocenters. The summed E-state index contributed by atoms with van der Waals surface area (Å²) in [7, 11) is 0. The van der Waals surface area contributed by atoms with Gasteiger partial charge in [0.2, 0.25) is 0 Å². The molecule has 80 valence electrons. The van der Waals surface area contributed by atoms with Gasteiger partial charge in [-0.25, -0.2) is 9.78 Å². The first-order valence-electron chi connectivity index (χ1n) is 4.71. The monoisotopic (exact) mass is 270 g/mol. The van der Waals surface area contributed by atoms with Gasteiger partial charge in [-0.2, -0.15) is 0 Å². The number of cyclic esters (lactones) is 1. The molecule has 4 nitrogen and oxygen atoms in total. The topological polar surface area (TPSA) is 42.4 Å². The molecule has 1 aromatic rings. The van der Waals surface area contributed by atoms with Gasteiger partial charge in [0.25, 0.3) is 0 Å². The van der Waals surface area contributed by atoms with Crippen molar-refractivity contribution in [3.8, 4) is 0 Å². The van der Waals surface area contributed by atoms with Crippen LogP contribution in [0.3, 0.4) is 0 Å². The first kappa shape index (κ1) is 10.4. The highest BCUT2D eigenvalue weighted by Crippen LogP contribution is 2.26. The highest BCUT2D eigenvalue weighted by Gasteiger charge is 2.36. The third kappa shape index (κ3) is 1.84. The van der Waals surface area contributed by atoms with Crippen molar-refractivity contribution in [2.45, 2.75) is 26.0 Å². The normalized spacial score (nSPS) is 25.5. The lowest BCUT2D eigenvalue weighted by Gasteiger charge is -2.18. The van der Waals surface area contributed by atoms with Gasteiger partial charge in [-0.1, -0.05) is 0 Å². The quantitative estimate of drug-likeness (QED) is 0.737. The Morgan fingerprint density at radius 1 is 1.47 bits per heavy atom. The molecule has 5 heteroatoms. The first-order valence-corrected chi connectivity index (χ1v) is 5.50. The number of halogens is 1. The smallest absolute Gasteiger partial charge is 0.415 e. The van der Waals surface area contributed by atoms with E-state index < -0.39 is 0 Å². The van der Waals surface area contributed by atoms with Crippen LogP contribution in [0.4, 0.5) is 10.5 Å². The number of carbonyl (C=O) groups excluding carboxylic acids is 1. The van der Waals surface area contributed by atoms with E-state index in [-0.39, 0.29) is 18.2 Å². The van der Waals surface area contributed by atoms with E-state index in [1.54, 1.807) is 17.2 Å². The number of rotatable bonds is 1. The third-order valence-corrected chi connectivity index (χ3v) is 3.03. The Hall–Kier alpha value is -1.10. The zero-order chi connectivity index (χ0) is 11.0. The number of anilines is 1. The molecule has 0 saturated carbocycles. The first-order chi connectivity index (χ1) is 7.09. The number of hydrogen-bond donors (Lipinski definition) is 0. The van der Waals surface area contributed by atoms with Crippen LogP contribution in [-0.2, 0) is 4.74 Å². The minimum Gasteiger partial charge on any atom is -0.444 e. The van der Waals surface area contributed by atoms with E-state index in [1.165, 1.54) is 0 Å². The minimum absolute atomic E-state index is 0.0421. The summed E-state index contributed by atoms with van der Waals surface area (Å²) < 4.78 is 5.87. The van der Waals surface area contributed by atoms with Crippen LogP contribution in [0.5, 0.6) is 0 Å². The molecule has 0 N–H and O–H groups in total. The van der Waals surface area contributed by atoms with Crippen molar-refractivity contribution in [3.63, 3.8) is 0 Å². The standard InChI is InChI=1S/C10H11BrN2O2/c1-6-7(2)15-10(14)13(6)8-3-4-9(11)12-5-8/h3-7H,1-2H3. The molecule has 2 heterocycles. The number of hydrogen-bond acceptors (Lipinski definition) is 3. The molecule has 0 aliphatic carbocycles. The van der Waals surface area contributed by atoms with Gasteiger partial charge in [0, 0.05) is 0 Å². The third-order valence-electron chi connectivity index (χ3n) is 2.56. The van der Waals surface area contributed by atoms with Crippen LogP contribution in [0.25, 0.3) is 0 Å². The SMILES string of the molecule is CC1OC(=O)N(c2ccc(Br)nc2)C1C. The van der Waals surface area contributed by atoms with Crippen molar-refractivity contribution in [2.24, 2.45) is 0 Å².